The molecule has 0 aromatic carbocycles. The Morgan fingerprint density at radius 2 is 1.81 bits per heavy atom. The van der Waals surface area contributed by atoms with Crippen molar-refractivity contribution in [3.8, 4) is 0 Å². The van der Waals surface area contributed by atoms with E-state index in [9.17, 15) is 14.4 Å². The Bertz CT molecular complexity index is 588. The Labute approximate surface area is 155 Å². The lowest BCUT2D eigenvalue weighted by molar-refractivity contribution is -0.141. The average Bonchev–Trinajstić information content (AvgIpc) is 2.98. The van der Waals surface area contributed by atoms with Crippen molar-refractivity contribution < 1.29 is 19.1 Å². The molecule has 26 heavy (non-hydrogen) atoms. The van der Waals surface area contributed by atoms with Crippen molar-refractivity contribution >= 4 is 17.9 Å². The van der Waals surface area contributed by atoms with Crippen molar-refractivity contribution in [2.45, 2.75) is 71.6 Å². The number of primary amides is 1. The SMILES string of the molecule is CC1[C@H]2CC(OC(=O)N[C@H](C(=O)N3CCC[C@H]3C(N)=O)C(C)(C)C)C[C@@H]12. The molecule has 1 heterocycles. The van der Waals surface area contributed by atoms with Crippen LogP contribution >= 0.6 is 0 Å². The fourth-order valence-electron chi connectivity index (χ4n) is 4.66. The fourth-order valence-corrected chi connectivity index (χ4v) is 4.66. The normalized spacial score (nSPS) is 34.2. The van der Waals surface area contributed by atoms with Crippen molar-refractivity contribution in [3.63, 3.8) is 0 Å². The van der Waals surface area contributed by atoms with Crippen LogP contribution in [0.2, 0.25) is 0 Å². The summed E-state index contributed by atoms with van der Waals surface area (Å²) in [6, 6.07) is -1.35. The second kappa shape index (κ2) is 6.74. The number of ether oxygens (including phenoxy) is 1. The van der Waals surface area contributed by atoms with Crippen LogP contribution in [0.4, 0.5) is 4.79 Å². The standard InChI is InChI=1S/C19H31N3O4/c1-10-12-8-11(9-13(10)12)26-18(25)21-15(19(2,3)4)17(24)22-7-5-6-14(22)16(20)23/h10-15H,5-9H2,1-4H3,(H2,20,23)(H,21,25)/t10?,11?,12-,13+,14-,15+/m0/s1. The Hall–Kier alpha value is -1.79. The third-order valence-corrected chi connectivity index (χ3v) is 6.34. The molecule has 7 heteroatoms. The van der Waals surface area contributed by atoms with Gasteiger partial charge in [-0.3, -0.25) is 9.59 Å². The van der Waals surface area contributed by atoms with Crippen molar-refractivity contribution in [2.24, 2.45) is 28.9 Å². The highest BCUT2D eigenvalue weighted by Crippen LogP contribution is 2.57. The van der Waals surface area contributed by atoms with Gasteiger partial charge in [-0.1, -0.05) is 27.7 Å². The highest BCUT2D eigenvalue weighted by molar-refractivity contribution is 5.91. The van der Waals surface area contributed by atoms with Crippen molar-refractivity contribution in [1.29, 1.82) is 0 Å². The molecule has 1 aliphatic heterocycles. The molecule has 3 fully saturated rings. The first-order chi connectivity index (χ1) is 12.1. The first kappa shape index (κ1) is 19.0. The van der Waals surface area contributed by atoms with E-state index in [0.717, 1.165) is 25.2 Å². The molecule has 3 aliphatic rings. The molecular weight excluding hydrogens is 334 g/mol. The summed E-state index contributed by atoms with van der Waals surface area (Å²) in [6.45, 7) is 8.39. The molecule has 3 rings (SSSR count). The van der Waals surface area contributed by atoms with E-state index < -0.39 is 29.5 Å². The first-order valence-electron chi connectivity index (χ1n) is 9.66. The smallest absolute Gasteiger partial charge is 0.408 e. The molecule has 1 saturated heterocycles. The maximum atomic E-state index is 13.0. The quantitative estimate of drug-likeness (QED) is 0.791. The Morgan fingerprint density at radius 3 is 2.35 bits per heavy atom. The van der Waals surface area contributed by atoms with E-state index in [-0.39, 0.29) is 12.0 Å². The van der Waals surface area contributed by atoms with Gasteiger partial charge in [-0.25, -0.2) is 4.79 Å². The second-order valence-corrected chi connectivity index (χ2v) is 9.22. The molecule has 3 N–H and O–H groups in total. The summed E-state index contributed by atoms with van der Waals surface area (Å²) in [7, 11) is 0. The predicted octanol–water partition coefficient (Wildman–Crippen LogP) is 1.65. The maximum Gasteiger partial charge on any atom is 0.408 e. The summed E-state index contributed by atoms with van der Waals surface area (Å²) < 4.78 is 5.56. The lowest BCUT2D eigenvalue weighted by atomic mass is 9.85. The van der Waals surface area contributed by atoms with Crippen LogP contribution in [0.3, 0.4) is 0 Å². The molecule has 2 unspecified atom stereocenters. The van der Waals surface area contributed by atoms with Gasteiger partial charge in [0.25, 0.3) is 0 Å². The number of hydrogen-bond acceptors (Lipinski definition) is 4. The van der Waals surface area contributed by atoms with Crippen LogP contribution in [0.25, 0.3) is 0 Å². The number of nitrogens with zero attached hydrogens (tertiary/aromatic N) is 1. The Balaban J connectivity index is 1.61. The van der Waals surface area contributed by atoms with Crippen molar-refractivity contribution in [1.82, 2.24) is 10.2 Å². The highest BCUT2D eigenvalue weighted by Gasteiger charge is 2.54. The van der Waals surface area contributed by atoms with E-state index in [4.69, 9.17) is 10.5 Å². The first-order valence-corrected chi connectivity index (χ1v) is 9.66. The van der Waals surface area contributed by atoms with Gasteiger partial charge < -0.3 is 20.7 Å². The van der Waals surface area contributed by atoms with Gasteiger partial charge in [0, 0.05) is 6.54 Å². The number of alkyl carbamates (subject to hydrolysis) is 1. The molecule has 7 nitrogen and oxygen atoms in total. The van der Waals surface area contributed by atoms with Crippen LogP contribution in [-0.2, 0) is 14.3 Å². The summed E-state index contributed by atoms with van der Waals surface area (Å²) in [4.78, 5) is 38.6. The number of nitrogens with two attached hydrogens (primary N) is 1. The molecule has 146 valence electrons. The topological polar surface area (TPSA) is 102 Å². The molecule has 2 aliphatic carbocycles. The summed E-state index contributed by atoms with van der Waals surface area (Å²) in [6.07, 6.45) is 2.55. The minimum atomic E-state index is -0.759. The van der Waals surface area contributed by atoms with Gasteiger partial charge in [0.15, 0.2) is 0 Å². The lowest BCUT2D eigenvalue weighted by Gasteiger charge is -2.35. The zero-order chi connectivity index (χ0) is 19.2. The summed E-state index contributed by atoms with van der Waals surface area (Å²) in [5, 5.41) is 2.76. The molecular formula is C19H31N3O4. The minimum absolute atomic E-state index is 0.0536. The summed E-state index contributed by atoms with van der Waals surface area (Å²) in [5.74, 6) is 1.37. The van der Waals surface area contributed by atoms with E-state index in [1.54, 1.807) is 0 Å². The molecule has 0 aromatic rings. The molecule has 6 atom stereocenters. The highest BCUT2D eigenvalue weighted by atomic mass is 16.6. The monoisotopic (exact) mass is 365 g/mol. The summed E-state index contributed by atoms with van der Waals surface area (Å²) in [5.41, 5.74) is 4.92. The summed E-state index contributed by atoms with van der Waals surface area (Å²) >= 11 is 0. The average molecular weight is 365 g/mol. The van der Waals surface area contributed by atoms with Crippen LogP contribution in [0.5, 0.6) is 0 Å². The van der Waals surface area contributed by atoms with E-state index in [2.05, 4.69) is 12.2 Å². The van der Waals surface area contributed by atoms with Gasteiger partial charge >= 0.3 is 6.09 Å². The third kappa shape index (κ3) is 3.67. The van der Waals surface area contributed by atoms with E-state index in [1.807, 2.05) is 20.8 Å². The van der Waals surface area contributed by atoms with Gasteiger partial charge in [0.2, 0.25) is 11.8 Å². The number of fused-ring (bicyclic) bond motifs is 1. The fraction of sp³-hybridized carbons (Fsp3) is 0.842. The minimum Gasteiger partial charge on any atom is -0.446 e. The van der Waals surface area contributed by atoms with Crippen molar-refractivity contribution in [2.75, 3.05) is 6.54 Å². The zero-order valence-corrected chi connectivity index (χ0v) is 16.2. The van der Waals surface area contributed by atoms with Crippen molar-refractivity contribution in [3.05, 3.63) is 0 Å². The predicted molar refractivity (Wildman–Crippen MR) is 96.0 cm³/mol. The number of likely N-dealkylation sites (tertiary alicyclic amines) is 1. The van der Waals surface area contributed by atoms with Gasteiger partial charge in [-0.2, -0.15) is 0 Å². The van der Waals surface area contributed by atoms with E-state index >= 15 is 0 Å². The van der Waals surface area contributed by atoms with Crippen LogP contribution in [-0.4, -0.2) is 47.5 Å². The van der Waals surface area contributed by atoms with Crippen LogP contribution in [0, 0.1) is 23.2 Å². The molecule has 0 aromatic heterocycles. The number of rotatable bonds is 4. The largest absolute Gasteiger partial charge is 0.446 e. The molecule has 0 radical (unpaired) electrons. The van der Waals surface area contributed by atoms with Crippen LogP contribution < -0.4 is 11.1 Å². The number of carbonyl (C=O) groups is 3. The lowest BCUT2D eigenvalue weighted by Crippen LogP contribution is -2.57. The van der Waals surface area contributed by atoms with Gasteiger partial charge in [-0.15, -0.1) is 0 Å². The zero-order valence-electron chi connectivity index (χ0n) is 16.2. The molecule has 2 saturated carbocycles. The number of hydrogen-bond donors (Lipinski definition) is 2. The second-order valence-electron chi connectivity index (χ2n) is 9.22. The Kier molecular flexibility index (Phi) is 4.92. The third-order valence-electron chi connectivity index (χ3n) is 6.34. The van der Waals surface area contributed by atoms with Gasteiger partial charge in [0.05, 0.1) is 0 Å². The van der Waals surface area contributed by atoms with Crippen LogP contribution in [0.1, 0.15) is 53.4 Å². The molecule has 0 spiro atoms. The van der Waals surface area contributed by atoms with Crippen LogP contribution in [0.15, 0.2) is 0 Å². The molecule has 3 amide bonds. The Morgan fingerprint density at radius 1 is 1.19 bits per heavy atom. The molecule has 0 bridgehead atoms. The maximum absolute atomic E-state index is 13.0. The van der Waals surface area contributed by atoms with Gasteiger partial charge in [0.1, 0.15) is 18.2 Å². The van der Waals surface area contributed by atoms with Gasteiger partial charge in [-0.05, 0) is 48.9 Å². The van der Waals surface area contributed by atoms with E-state index in [1.165, 1.54) is 4.90 Å². The number of nitrogens with one attached hydrogen (secondary N) is 1. The van der Waals surface area contributed by atoms with E-state index in [0.29, 0.717) is 24.8 Å². The number of carbonyl (C=O) groups excluding carboxylic acids is 3. The number of amides is 3.